The predicted octanol–water partition coefficient (Wildman–Crippen LogP) is -2.71. The number of carboxylic acid groups (broad SMARTS) is 1. The Morgan fingerprint density at radius 2 is 1.62 bits per heavy atom. The van der Waals surface area contributed by atoms with Crippen molar-refractivity contribution in [3.05, 3.63) is 0 Å². The van der Waals surface area contributed by atoms with E-state index >= 15 is 0 Å². The van der Waals surface area contributed by atoms with Gasteiger partial charge in [0.15, 0.2) is 0 Å². The molecule has 46 valence electrons. The molecule has 0 aliphatic rings. The van der Waals surface area contributed by atoms with Crippen molar-refractivity contribution in [2.45, 2.75) is 0 Å². The van der Waals surface area contributed by atoms with Crippen molar-refractivity contribution >= 4 is 6.16 Å². The predicted molar refractivity (Wildman–Crippen MR) is 18.1 cm³/mol. The molecule has 0 aliphatic heterocycles. The first-order valence-electron chi connectivity index (χ1n) is 1.01. The van der Waals surface area contributed by atoms with Crippen LogP contribution in [0.15, 0.2) is 0 Å². The topological polar surface area (TPSA) is 107 Å². The minimum absolute atomic E-state index is 0. The molecular weight excluding hydrogens is 147 g/mol. The van der Waals surface area contributed by atoms with Gasteiger partial charge in [0.2, 0.25) is 0 Å². The van der Waals surface area contributed by atoms with Gasteiger partial charge >= 0.3 is 57.5 Å². The molecule has 0 aromatic rings. The maximum atomic E-state index is 8.90. The van der Waals surface area contributed by atoms with Gasteiger partial charge in [0, 0.05) is 0 Å². The summed E-state index contributed by atoms with van der Waals surface area (Å²) < 4.78 is 0. The summed E-state index contributed by atoms with van der Waals surface area (Å²) in [5, 5.41) is 26.3. The number of hydrogen-bond acceptors (Lipinski definition) is 5. The van der Waals surface area contributed by atoms with Crippen molar-refractivity contribution in [1.29, 1.82) is 0 Å². The molecular formula is CH5KO6. The van der Waals surface area contributed by atoms with Gasteiger partial charge in [0.05, 0.1) is 0 Å². The first-order chi connectivity index (χ1) is 3.27. The van der Waals surface area contributed by atoms with Crippen LogP contribution in [0.5, 0.6) is 0 Å². The molecule has 0 rings (SSSR count). The van der Waals surface area contributed by atoms with Gasteiger partial charge in [0.1, 0.15) is 0 Å². The van der Waals surface area contributed by atoms with Crippen molar-refractivity contribution in [3.8, 4) is 0 Å². The third kappa shape index (κ3) is 29.3. The Bertz CT molecular complexity index is 48.3. The third-order valence-electron chi connectivity index (χ3n) is 0.0781. The van der Waals surface area contributed by atoms with Gasteiger partial charge in [-0.1, -0.05) is 0 Å². The van der Waals surface area contributed by atoms with Crippen molar-refractivity contribution in [2.75, 3.05) is 0 Å². The van der Waals surface area contributed by atoms with Crippen LogP contribution in [-0.4, -0.2) is 27.0 Å². The van der Waals surface area contributed by atoms with Crippen molar-refractivity contribution in [1.82, 2.24) is 0 Å². The Labute approximate surface area is 88.5 Å². The van der Waals surface area contributed by atoms with Crippen LogP contribution in [0.4, 0.5) is 4.79 Å². The average Bonchev–Trinajstić information content (AvgIpc) is 1.73. The minimum atomic E-state index is -1.69. The van der Waals surface area contributed by atoms with Crippen LogP contribution in [0.2, 0.25) is 0 Å². The second kappa shape index (κ2) is 15.7. The molecule has 7 heteroatoms. The smallest absolute Gasteiger partial charge is 1.00 e. The maximum Gasteiger partial charge on any atom is 1.00 e. The Hall–Kier alpha value is 0.786. The molecule has 0 atom stereocenters. The molecule has 0 unspecified atom stereocenters. The fraction of sp³-hybridized carbons (Fsp3) is 0. The van der Waals surface area contributed by atoms with E-state index < -0.39 is 6.16 Å². The van der Waals surface area contributed by atoms with E-state index in [0.29, 0.717) is 0 Å². The molecule has 0 aromatic heterocycles. The third-order valence-corrected chi connectivity index (χ3v) is 0.0781. The molecule has 0 fully saturated rings. The van der Waals surface area contributed by atoms with E-state index in [0.717, 1.165) is 0 Å². The molecule has 8 heavy (non-hydrogen) atoms. The monoisotopic (exact) mass is 152 g/mol. The Morgan fingerprint density at radius 3 is 1.62 bits per heavy atom. The molecule has 6 nitrogen and oxygen atoms in total. The second-order valence-electron chi connectivity index (χ2n) is 0.357. The fourth-order valence-corrected chi connectivity index (χ4v) is 0. The first kappa shape index (κ1) is 15.9. The maximum absolute atomic E-state index is 8.90. The Morgan fingerprint density at radius 1 is 1.50 bits per heavy atom. The van der Waals surface area contributed by atoms with Crippen molar-refractivity contribution in [3.63, 3.8) is 0 Å². The summed E-state index contributed by atoms with van der Waals surface area (Å²) >= 11 is 0. The van der Waals surface area contributed by atoms with E-state index in [4.69, 9.17) is 25.7 Å². The summed E-state index contributed by atoms with van der Waals surface area (Å²) in [4.78, 5) is 11.6. The van der Waals surface area contributed by atoms with E-state index in [1.165, 1.54) is 0 Å². The van der Waals surface area contributed by atoms with Crippen LogP contribution in [0.1, 0.15) is 1.43 Å². The quantitative estimate of drug-likeness (QED) is 0.171. The van der Waals surface area contributed by atoms with Gasteiger partial charge < -0.3 is 6.53 Å². The summed E-state index contributed by atoms with van der Waals surface area (Å²) in [6.07, 6.45) is -1.69. The average molecular weight is 152 g/mol. The van der Waals surface area contributed by atoms with E-state index in [1.54, 1.807) is 0 Å². The van der Waals surface area contributed by atoms with Gasteiger partial charge in [0.25, 0.3) is 0 Å². The van der Waals surface area contributed by atoms with E-state index in [2.05, 4.69) is 4.89 Å². The summed E-state index contributed by atoms with van der Waals surface area (Å²) in [6, 6.07) is 0. The zero-order valence-corrected chi connectivity index (χ0v) is 7.23. The zero-order valence-electron chi connectivity index (χ0n) is 5.11. The Kier molecular flexibility index (Phi) is 31.1. The summed E-state index contributed by atoms with van der Waals surface area (Å²) in [5.41, 5.74) is 0. The van der Waals surface area contributed by atoms with E-state index in [-0.39, 0.29) is 52.8 Å². The zero-order chi connectivity index (χ0) is 6.28. The fourth-order valence-electron chi connectivity index (χ4n) is 0. The van der Waals surface area contributed by atoms with Gasteiger partial charge in [-0.05, 0) is 0 Å². The Balaban J connectivity index is -0.0000000286. The molecule has 0 radical (unpaired) electrons. The van der Waals surface area contributed by atoms with Crippen molar-refractivity contribution < 1.29 is 83.4 Å². The van der Waals surface area contributed by atoms with Gasteiger partial charge in [-0.3, -0.25) is 15.4 Å². The first-order valence-corrected chi connectivity index (χ1v) is 1.01. The number of rotatable bonds is 0. The van der Waals surface area contributed by atoms with Crippen LogP contribution in [-0.2, 0) is 4.89 Å². The van der Waals surface area contributed by atoms with E-state index in [9.17, 15) is 0 Å². The summed E-state index contributed by atoms with van der Waals surface area (Å²) in [6.45, 7) is 0. The molecule has 0 aromatic carbocycles. The molecule has 0 spiro atoms. The van der Waals surface area contributed by atoms with Crippen LogP contribution >= 0.6 is 0 Å². The summed E-state index contributed by atoms with van der Waals surface area (Å²) in [5.74, 6) is 0. The van der Waals surface area contributed by atoms with Gasteiger partial charge in [-0.25, -0.2) is 4.79 Å². The van der Waals surface area contributed by atoms with Crippen LogP contribution in [0.25, 0.3) is 0 Å². The second-order valence-corrected chi connectivity index (χ2v) is 0.357. The molecule has 0 aliphatic carbocycles. The largest absolute Gasteiger partial charge is 1.00 e. The van der Waals surface area contributed by atoms with Gasteiger partial charge in [-0.2, -0.15) is 5.26 Å². The van der Waals surface area contributed by atoms with E-state index in [1.807, 2.05) is 0 Å². The molecule has 0 bridgehead atoms. The summed E-state index contributed by atoms with van der Waals surface area (Å²) in [7, 11) is 0. The van der Waals surface area contributed by atoms with Crippen LogP contribution < -0.4 is 51.4 Å². The SMILES string of the molecule is O=C(O)OO.OO.[H-].[K+]. The molecule has 0 saturated carbocycles. The van der Waals surface area contributed by atoms with Crippen molar-refractivity contribution in [2.24, 2.45) is 0 Å². The molecule has 0 saturated heterocycles. The molecule has 4 N–H and O–H groups in total. The molecule has 0 heterocycles. The van der Waals surface area contributed by atoms with Gasteiger partial charge in [-0.15, -0.1) is 0 Å². The molecule has 0 amide bonds. The standard InChI is InChI=1S/CH2O4.K.H2O2.H/c2-1(3)5-4;;1-2;/h4H,(H,2,3);;1-2H;/q;+1;;-1. The number of hydrogen-bond donors (Lipinski definition) is 4. The minimum Gasteiger partial charge on any atom is -1.00 e. The van der Waals surface area contributed by atoms with Crippen LogP contribution in [0, 0.1) is 0 Å². The van der Waals surface area contributed by atoms with Crippen LogP contribution in [0.3, 0.4) is 0 Å². The normalized spacial score (nSPS) is 4.88. The number of carbonyl (C=O) groups is 1.